The zero-order valence-corrected chi connectivity index (χ0v) is 26.3. The lowest BCUT2D eigenvalue weighted by Gasteiger charge is -2.35. The summed E-state index contributed by atoms with van der Waals surface area (Å²) in [5.74, 6) is -1.48. The van der Waals surface area contributed by atoms with Gasteiger partial charge in [0, 0.05) is 56.4 Å². The van der Waals surface area contributed by atoms with Crippen molar-refractivity contribution in [2.45, 2.75) is 39.1 Å². The van der Waals surface area contributed by atoms with Gasteiger partial charge in [-0.05, 0) is 74.2 Å². The van der Waals surface area contributed by atoms with Crippen LogP contribution in [0.5, 0.6) is 11.5 Å². The first-order chi connectivity index (χ1) is 19.7. The maximum atomic E-state index is 13.6. The summed E-state index contributed by atoms with van der Waals surface area (Å²) >= 11 is 12.0. The van der Waals surface area contributed by atoms with Crippen LogP contribution in [0.25, 0.3) is 0 Å². The van der Waals surface area contributed by atoms with Crippen LogP contribution in [0.1, 0.15) is 27.8 Å². The third-order valence-corrected chi connectivity index (χ3v) is 10.2. The SMILES string of the molecule is Cc1cc(C)c(C)c(S(=O)(=O)N2CCN(C(=O)C(=O)N(C)Cc3ccc(Cl)cc3Oc3ccc(F)c(Cl)c3)CC2)c1C. The van der Waals surface area contributed by atoms with Crippen LogP contribution in [0.4, 0.5) is 4.39 Å². The second-order valence-electron chi connectivity index (χ2n) is 10.4. The minimum atomic E-state index is -3.79. The molecule has 2 amide bonds. The van der Waals surface area contributed by atoms with Crippen LogP contribution in [0.15, 0.2) is 47.4 Å². The Hall–Kier alpha value is -3.18. The van der Waals surface area contributed by atoms with Crippen LogP contribution in [0.2, 0.25) is 10.0 Å². The van der Waals surface area contributed by atoms with Gasteiger partial charge >= 0.3 is 11.8 Å². The zero-order valence-electron chi connectivity index (χ0n) is 24.0. The molecule has 0 atom stereocenters. The minimum Gasteiger partial charge on any atom is -0.457 e. The van der Waals surface area contributed by atoms with Crippen molar-refractivity contribution in [1.82, 2.24) is 14.1 Å². The average molecular weight is 637 g/mol. The van der Waals surface area contributed by atoms with E-state index in [1.165, 1.54) is 39.4 Å². The predicted octanol–water partition coefficient (Wildman–Crippen LogP) is 5.65. The minimum absolute atomic E-state index is 0.0195. The Morgan fingerprint density at radius 1 is 0.929 bits per heavy atom. The molecule has 42 heavy (non-hydrogen) atoms. The van der Waals surface area contributed by atoms with E-state index in [9.17, 15) is 22.4 Å². The highest BCUT2D eigenvalue weighted by Crippen LogP contribution is 2.32. The number of carbonyl (C=O) groups excluding carboxylic acids is 2. The molecule has 4 rings (SSSR count). The lowest BCUT2D eigenvalue weighted by Crippen LogP contribution is -2.54. The molecule has 0 radical (unpaired) electrons. The second-order valence-corrected chi connectivity index (χ2v) is 13.1. The Bertz CT molecular complexity index is 1630. The van der Waals surface area contributed by atoms with Crippen molar-refractivity contribution in [1.29, 1.82) is 0 Å². The number of likely N-dealkylation sites (N-methyl/N-ethyl adjacent to an activating group) is 1. The number of sulfonamides is 1. The molecular formula is C30H32Cl2FN3O5S. The highest BCUT2D eigenvalue weighted by Gasteiger charge is 2.35. The number of piperazine rings is 1. The van der Waals surface area contributed by atoms with Gasteiger partial charge in [-0.25, -0.2) is 12.8 Å². The second kappa shape index (κ2) is 12.6. The quantitative estimate of drug-likeness (QED) is 0.327. The zero-order chi connectivity index (χ0) is 30.9. The summed E-state index contributed by atoms with van der Waals surface area (Å²) in [7, 11) is -2.30. The number of aryl methyl sites for hydroxylation is 2. The Kier molecular flexibility index (Phi) is 9.52. The van der Waals surface area contributed by atoms with Crippen LogP contribution in [-0.2, 0) is 26.2 Å². The standard InChI is InChI=1S/C30H32Cl2FN3O5S/c1-18-14-19(2)21(4)28(20(18)3)42(39,40)36-12-10-35(11-13-36)30(38)29(37)34(5)17-22-6-7-23(31)15-27(22)41-24-8-9-26(33)25(32)16-24/h6-9,14-16H,10-13,17H2,1-5H3. The first kappa shape index (κ1) is 31.7. The number of hydrogen-bond donors (Lipinski definition) is 0. The smallest absolute Gasteiger partial charge is 0.312 e. The Morgan fingerprint density at radius 2 is 1.55 bits per heavy atom. The van der Waals surface area contributed by atoms with E-state index < -0.39 is 27.7 Å². The number of nitrogens with zero attached hydrogens (tertiary/aromatic N) is 3. The number of ether oxygens (including phenoxy) is 1. The molecule has 3 aromatic rings. The molecule has 1 aliphatic heterocycles. The van der Waals surface area contributed by atoms with Crippen LogP contribution in [-0.4, -0.2) is 67.6 Å². The molecule has 0 unspecified atom stereocenters. The fourth-order valence-electron chi connectivity index (χ4n) is 4.88. The van der Waals surface area contributed by atoms with Gasteiger partial charge in [0.15, 0.2) is 0 Å². The summed E-state index contributed by atoms with van der Waals surface area (Å²) in [5.41, 5.74) is 3.77. The lowest BCUT2D eigenvalue weighted by molar-refractivity contribution is -0.152. The van der Waals surface area contributed by atoms with Crippen LogP contribution in [0.3, 0.4) is 0 Å². The van der Waals surface area contributed by atoms with Crippen molar-refractivity contribution in [2.24, 2.45) is 0 Å². The van der Waals surface area contributed by atoms with E-state index >= 15 is 0 Å². The van der Waals surface area contributed by atoms with Crippen molar-refractivity contribution in [3.8, 4) is 11.5 Å². The third-order valence-electron chi connectivity index (χ3n) is 7.51. The van der Waals surface area contributed by atoms with Crippen LogP contribution < -0.4 is 4.74 Å². The van der Waals surface area contributed by atoms with Crippen LogP contribution in [0, 0.1) is 33.5 Å². The Morgan fingerprint density at radius 3 is 2.14 bits per heavy atom. The number of benzene rings is 3. The molecule has 0 saturated carbocycles. The van der Waals surface area contributed by atoms with Gasteiger partial charge in [-0.2, -0.15) is 4.31 Å². The average Bonchev–Trinajstić information content (AvgIpc) is 2.94. The fraction of sp³-hybridized carbons (Fsp3) is 0.333. The van der Waals surface area contributed by atoms with Crippen molar-refractivity contribution in [3.63, 3.8) is 0 Å². The Balaban J connectivity index is 1.43. The monoisotopic (exact) mass is 635 g/mol. The number of halogens is 3. The van der Waals surface area contributed by atoms with E-state index in [-0.39, 0.29) is 43.5 Å². The molecule has 1 saturated heterocycles. The fourth-order valence-corrected chi connectivity index (χ4v) is 7.21. The Labute approximate surface area is 255 Å². The third kappa shape index (κ3) is 6.57. The number of carbonyl (C=O) groups is 2. The van der Waals surface area contributed by atoms with E-state index in [4.69, 9.17) is 27.9 Å². The summed E-state index contributed by atoms with van der Waals surface area (Å²) in [4.78, 5) is 29.1. The van der Waals surface area contributed by atoms with Crippen LogP contribution >= 0.6 is 23.2 Å². The highest BCUT2D eigenvalue weighted by molar-refractivity contribution is 7.89. The van der Waals surface area contributed by atoms with Crippen molar-refractivity contribution in [2.75, 3.05) is 33.2 Å². The molecule has 0 aliphatic carbocycles. The maximum Gasteiger partial charge on any atom is 0.312 e. The normalized spacial score (nSPS) is 14.1. The maximum absolute atomic E-state index is 13.6. The van der Waals surface area contributed by atoms with E-state index in [1.807, 2.05) is 19.9 Å². The number of amides is 2. The molecular weight excluding hydrogens is 604 g/mol. The molecule has 8 nitrogen and oxygen atoms in total. The van der Waals surface area contributed by atoms with Gasteiger partial charge in [0.1, 0.15) is 17.3 Å². The van der Waals surface area contributed by atoms with Crippen molar-refractivity contribution < 1.29 is 27.1 Å². The molecule has 0 spiro atoms. The van der Waals surface area contributed by atoms with E-state index in [1.54, 1.807) is 32.0 Å². The molecule has 0 bridgehead atoms. The van der Waals surface area contributed by atoms with E-state index in [0.717, 1.165) is 11.1 Å². The molecule has 224 valence electrons. The van der Waals surface area contributed by atoms with Gasteiger partial charge in [-0.3, -0.25) is 9.59 Å². The number of hydrogen-bond acceptors (Lipinski definition) is 5. The largest absolute Gasteiger partial charge is 0.457 e. The summed E-state index contributed by atoms with van der Waals surface area (Å²) in [6.07, 6.45) is 0. The molecule has 0 N–H and O–H groups in total. The molecule has 1 aliphatic rings. The first-order valence-corrected chi connectivity index (χ1v) is 15.4. The summed E-state index contributed by atoms with van der Waals surface area (Å²) in [6, 6.07) is 10.7. The molecule has 3 aromatic carbocycles. The van der Waals surface area contributed by atoms with E-state index in [2.05, 4.69) is 0 Å². The van der Waals surface area contributed by atoms with Gasteiger partial charge < -0.3 is 14.5 Å². The summed E-state index contributed by atoms with van der Waals surface area (Å²) in [5, 5.41) is 0.271. The predicted molar refractivity (Wildman–Crippen MR) is 160 cm³/mol. The summed E-state index contributed by atoms with van der Waals surface area (Å²) < 4.78 is 48.0. The highest BCUT2D eigenvalue weighted by atomic mass is 35.5. The molecule has 1 fully saturated rings. The molecule has 12 heteroatoms. The van der Waals surface area contributed by atoms with Crippen molar-refractivity contribution in [3.05, 3.63) is 86.1 Å². The topological polar surface area (TPSA) is 87.2 Å². The van der Waals surface area contributed by atoms with Gasteiger partial charge in [-0.15, -0.1) is 0 Å². The summed E-state index contributed by atoms with van der Waals surface area (Å²) in [6.45, 7) is 7.71. The van der Waals surface area contributed by atoms with Gasteiger partial charge in [0.25, 0.3) is 0 Å². The van der Waals surface area contributed by atoms with E-state index in [0.29, 0.717) is 32.4 Å². The van der Waals surface area contributed by atoms with Crippen molar-refractivity contribution >= 4 is 45.0 Å². The molecule has 0 aromatic heterocycles. The number of rotatable bonds is 6. The first-order valence-electron chi connectivity index (χ1n) is 13.2. The van der Waals surface area contributed by atoms with Gasteiger partial charge in [0.05, 0.1) is 9.92 Å². The van der Waals surface area contributed by atoms with Gasteiger partial charge in [0.2, 0.25) is 10.0 Å². The lowest BCUT2D eigenvalue weighted by atomic mass is 10.0. The van der Waals surface area contributed by atoms with Gasteiger partial charge in [-0.1, -0.05) is 35.3 Å². The molecule has 1 heterocycles.